The van der Waals surface area contributed by atoms with Crippen molar-refractivity contribution in [3.8, 4) is 0 Å². The Morgan fingerprint density at radius 3 is 1.26 bits per heavy atom. The van der Waals surface area contributed by atoms with Crippen molar-refractivity contribution < 1.29 is 79.2 Å². The molecule has 4 saturated heterocycles. The van der Waals surface area contributed by atoms with Crippen molar-refractivity contribution in [2.75, 3.05) is 77.9 Å². The zero-order valence-corrected chi connectivity index (χ0v) is 72.4. The number of nitrogens with two attached hydrogens (primary N) is 2. The summed E-state index contributed by atoms with van der Waals surface area (Å²) in [7, 11) is -11.8. The molecule has 14 rings (SSSR count). The Bertz CT molecular complexity index is 5750. The molecule has 4 aliphatic heterocycles. The van der Waals surface area contributed by atoms with Gasteiger partial charge in [-0.15, -0.1) is 0 Å². The molecule has 0 saturated carbocycles. The number of nitrogen functional groups attached to an aromatic ring is 1. The lowest BCUT2D eigenvalue weighted by Gasteiger charge is -2.27. The molecule has 4 amide bonds. The number of alkyl halides is 3. The molecule has 0 atom stereocenters. The minimum absolute atomic E-state index is 0.0514. The van der Waals surface area contributed by atoms with Gasteiger partial charge in [-0.25, -0.2) is 46.8 Å². The highest BCUT2D eigenvalue weighted by atomic mass is 79.9. The fourth-order valence-electron chi connectivity index (χ4n) is 15.0. The number of nitrogens with one attached hydrogen (secondary N) is 6. The molecule has 0 bridgehead atoms. The predicted molar refractivity (Wildman–Crippen MR) is 449 cm³/mol. The third kappa shape index (κ3) is 25.4. The van der Waals surface area contributed by atoms with E-state index in [1.807, 2.05) is 12.0 Å². The molecule has 0 radical (unpaired) electrons. The number of hydrogen-bond donors (Lipinski definition) is 8. The van der Waals surface area contributed by atoms with Crippen molar-refractivity contribution in [3.05, 3.63) is 198 Å². The minimum Gasteiger partial charge on any atom is -0.398 e. The quantitative estimate of drug-likeness (QED) is 0.0195. The zero-order valence-electron chi connectivity index (χ0n) is 66.8. The van der Waals surface area contributed by atoms with Gasteiger partial charge in [-0.3, -0.25) is 44.7 Å². The molecule has 654 valence electrons. The average Bonchev–Trinajstić information content (AvgIpc) is 1.70. The molecule has 4 aromatic carbocycles. The Kier molecular flexibility index (Phi) is 30.7. The maximum absolute atomic E-state index is 14.7. The van der Waals surface area contributed by atoms with Gasteiger partial charge in [0.05, 0.1) is 81.4 Å². The minimum atomic E-state index is -4.64. The lowest BCUT2D eigenvalue weighted by Crippen LogP contribution is -2.34. The van der Waals surface area contributed by atoms with E-state index in [4.69, 9.17) is 23.1 Å². The number of anilines is 1. The fourth-order valence-corrected chi connectivity index (χ4v) is 22.1. The van der Waals surface area contributed by atoms with Gasteiger partial charge in [-0.1, -0.05) is 39.7 Å². The van der Waals surface area contributed by atoms with Crippen LogP contribution in [-0.2, 0) is 78.2 Å². The average molecular weight is 1850 g/mol. The molecule has 0 unspecified atom stereocenters. The molecule has 4 aliphatic rings. The Morgan fingerprint density at radius 2 is 0.868 bits per heavy atom. The van der Waals surface area contributed by atoms with Crippen LogP contribution in [0.1, 0.15) is 170 Å². The van der Waals surface area contributed by atoms with Gasteiger partial charge in [0.25, 0.3) is 23.6 Å². The molecule has 29 nitrogen and oxygen atoms in total. The van der Waals surface area contributed by atoms with Crippen LogP contribution in [0.5, 0.6) is 0 Å². The Labute approximate surface area is 709 Å². The van der Waals surface area contributed by atoms with Crippen molar-refractivity contribution >= 4 is 118 Å². The standard InChI is InChI=1S/C21H24ClFN4O3S.C20H24FN5O3S.C20H27FN4O3S.C19H22BrF3N4O3S/c1-13-10-19(26-25-13)21(28)27(7-4-14-5-8-31(29,30)9-6-14)12-16-18(23)3-2-15-17(22)11-24-20(15)16;1-13-10-18(24-23-13)20(27)26(7-4-14-5-8-30(28,29)9-6-14)12-16-17(21)3-2-15-11-22-25-19(15)16;1-14-10-19(24-23-14)20(26)25(7-4-15-5-8-29(27,28)9-6-15)13-17-11-16(12-22)2-3-18(17)21;20-14-2-1-3-15(24)13(14)11-27(7-4-12-5-8-31(29,30)9-6-12)18(28)16-10-17(26-25-16)19(21,22)23/h2-3,10-11,14,24H,4-9,12H2,1H3,(H,25,26);2-3,10-11,14H,4-9,12H2,1H3,(H,22,25)(H,23,24);2-3,10-11,15H,4-9,12-13,22H2,1H3,(H,23,24);1-3,10,12H,4-9,11,24H2,(H,25,26). The number of benzene rings is 4. The summed E-state index contributed by atoms with van der Waals surface area (Å²) in [6.45, 7) is 7.41. The number of H-pyrrole nitrogens is 6. The van der Waals surface area contributed by atoms with Gasteiger partial charge in [0.2, 0.25) is 0 Å². The molecule has 0 spiro atoms. The number of carbonyl (C=O) groups excluding carboxylic acids is 4. The number of rotatable bonds is 25. The van der Waals surface area contributed by atoms with Gasteiger partial charge in [-0.05, 0) is 194 Å². The van der Waals surface area contributed by atoms with E-state index in [-0.39, 0.29) is 155 Å². The predicted octanol–water partition coefficient (Wildman–Crippen LogP) is 12.2. The lowest BCUT2D eigenvalue weighted by molar-refractivity contribution is -0.141. The van der Waals surface area contributed by atoms with E-state index in [1.165, 1.54) is 23.1 Å². The van der Waals surface area contributed by atoms with Crippen LogP contribution in [0.15, 0.2) is 102 Å². The van der Waals surface area contributed by atoms with Crippen LogP contribution >= 0.6 is 27.5 Å². The van der Waals surface area contributed by atoms with Crippen molar-refractivity contribution in [2.45, 2.75) is 137 Å². The Hall–Kier alpha value is -9.48. The summed E-state index contributed by atoms with van der Waals surface area (Å²) in [6.07, 6.45) is 5.64. The second-order valence-electron chi connectivity index (χ2n) is 31.3. The number of fused-ring (bicyclic) bond motifs is 2. The molecule has 10 N–H and O–H groups in total. The van der Waals surface area contributed by atoms with E-state index in [1.54, 1.807) is 102 Å². The number of aryl methyl sites for hydroxylation is 3. The van der Waals surface area contributed by atoms with Gasteiger partial charge in [-0.2, -0.15) is 38.7 Å². The Morgan fingerprint density at radius 1 is 0.488 bits per heavy atom. The normalized spacial score (nSPS) is 16.7. The number of aromatic amines is 6. The van der Waals surface area contributed by atoms with Gasteiger partial charge in [0.15, 0.2) is 5.69 Å². The van der Waals surface area contributed by atoms with Crippen LogP contribution in [0.3, 0.4) is 0 Å². The van der Waals surface area contributed by atoms with Crippen molar-refractivity contribution in [2.24, 2.45) is 29.4 Å². The smallest absolute Gasteiger partial charge is 0.398 e. The van der Waals surface area contributed by atoms with Crippen LogP contribution in [0.25, 0.3) is 21.8 Å². The SMILES string of the molecule is Cc1cc(C(=O)N(CCC2CCS(=O)(=O)CC2)Cc2c(F)ccc3c(Cl)c[nH]c23)n[nH]1.Cc1cc(C(=O)N(CCC2CCS(=O)(=O)CC2)Cc2c(F)ccc3cn[nH]c23)n[nH]1.Cc1cc(C(=O)N(CCC2CCS(=O)(=O)CC2)Cc2cc(CN)ccc2F)n[nH]1.Nc1cccc(Br)c1CN(CCC1CCS(=O)(=O)CC1)C(=O)c1cc(C(F)(F)F)[nH]n1. The second kappa shape index (κ2) is 40.2. The molecular weight excluding hydrogens is 1750 g/mol. The molecule has 0 aliphatic carbocycles. The molecule has 10 aromatic rings. The molecular formula is C80H97BrClF6N17O12S4. The van der Waals surface area contributed by atoms with E-state index >= 15 is 0 Å². The van der Waals surface area contributed by atoms with E-state index in [0.717, 1.165) is 28.0 Å². The number of amides is 4. The van der Waals surface area contributed by atoms with E-state index < -0.39 is 68.8 Å². The lowest BCUT2D eigenvalue weighted by atomic mass is 9.98. The first-order valence-electron chi connectivity index (χ1n) is 39.5. The summed E-state index contributed by atoms with van der Waals surface area (Å²) < 4.78 is 176. The van der Waals surface area contributed by atoms with Crippen molar-refractivity contribution in [1.82, 2.24) is 75.6 Å². The number of nitrogens with zero attached hydrogens (tertiary/aromatic N) is 9. The zero-order chi connectivity index (χ0) is 87.3. The van der Waals surface area contributed by atoms with Gasteiger partial charge < -0.3 is 36.1 Å². The first-order chi connectivity index (χ1) is 57.3. The molecule has 41 heteroatoms. The van der Waals surface area contributed by atoms with Gasteiger partial charge in [0, 0.05) is 118 Å². The largest absolute Gasteiger partial charge is 0.432 e. The summed E-state index contributed by atoms with van der Waals surface area (Å²) in [5, 5.41) is 34.6. The molecule has 10 heterocycles. The van der Waals surface area contributed by atoms with Crippen molar-refractivity contribution in [1.29, 1.82) is 0 Å². The number of halogens is 8. The number of sulfone groups is 4. The highest BCUT2D eigenvalue weighted by Gasteiger charge is 2.37. The van der Waals surface area contributed by atoms with Crippen LogP contribution in [0, 0.1) is 61.9 Å². The maximum Gasteiger partial charge on any atom is 0.432 e. The second-order valence-corrected chi connectivity index (χ2v) is 41.8. The maximum atomic E-state index is 14.7. The first-order valence-corrected chi connectivity index (χ1v) is 48.0. The van der Waals surface area contributed by atoms with Crippen LogP contribution < -0.4 is 11.5 Å². The summed E-state index contributed by atoms with van der Waals surface area (Å²) in [4.78, 5) is 61.5. The van der Waals surface area contributed by atoms with Crippen LogP contribution in [0.4, 0.5) is 32.0 Å². The molecule has 6 aromatic heterocycles. The Balaban J connectivity index is 0.000000158. The monoisotopic (exact) mass is 1840 g/mol. The van der Waals surface area contributed by atoms with Crippen LogP contribution in [-0.4, -0.2) is 205 Å². The topological polar surface area (TPSA) is 429 Å². The van der Waals surface area contributed by atoms with Crippen LogP contribution in [0.2, 0.25) is 5.02 Å². The van der Waals surface area contributed by atoms with E-state index in [2.05, 4.69) is 66.8 Å². The first kappa shape index (κ1) is 92.2. The summed E-state index contributed by atoms with van der Waals surface area (Å²) in [5.41, 5.74) is 17.5. The highest BCUT2D eigenvalue weighted by Crippen LogP contribution is 2.35. The van der Waals surface area contributed by atoms with Gasteiger partial charge in [0.1, 0.15) is 79.6 Å². The highest BCUT2D eigenvalue weighted by molar-refractivity contribution is 9.10. The molecule has 121 heavy (non-hydrogen) atoms. The third-order valence-corrected chi connectivity index (χ3v) is 30.3. The van der Waals surface area contributed by atoms with Gasteiger partial charge >= 0.3 is 6.18 Å². The fraction of sp³-hybridized carbons (Fsp3) is 0.463. The van der Waals surface area contributed by atoms with Crippen molar-refractivity contribution in [3.63, 3.8) is 0 Å². The van der Waals surface area contributed by atoms with E-state index in [0.29, 0.717) is 157 Å². The third-order valence-electron chi connectivity index (χ3n) is 22.4. The summed E-state index contributed by atoms with van der Waals surface area (Å²) in [5.74, 6) is -0.659. The number of hydrogen-bond acceptors (Lipinski definition) is 19. The van der Waals surface area contributed by atoms with E-state index in [9.17, 15) is 79.2 Å². The summed E-state index contributed by atoms with van der Waals surface area (Å²) >= 11 is 9.58. The molecule has 4 fully saturated rings. The summed E-state index contributed by atoms with van der Waals surface area (Å²) in [6, 6.07) is 21.5. The number of aromatic nitrogens is 11. The number of carbonyl (C=O) groups is 4.